The Balaban J connectivity index is 2.03. The lowest BCUT2D eigenvalue weighted by molar-refractivity contribution is 0.760. The van der Waals surface area contributed by atoms with Crippen molar-refractivity contribution in [1.29, 1.82) is 0 Å². The van der Waals surface area contributed by atoms with Gasteiger partial charge in [-0.05, 0) is 18.6 Å². The highest BCUT2D eigenvalue weighted by atomic mass is 35.5. The second-order valence-corrected chi connectivity index (χ2v) is 5.65. The Morgan fingerprint density at radius 2 is 2.05 bits per heavy atom. The number of aromatic nitrogens is 2. The van der Waals surface area contributed by atoms with Crippen LogP contribution in [-0.4, -0.2) is 9.97 Å². The molecule has 0 bridgehead atoms. The number of halogens is 3. The average Bonchev–Trinajstić information content (AvgIpc) is 2.79. The molecule has 0 atom stereocenters. The van der Waals surface area contributed by atoms with E-state index in [-0.39, 0.29) is 0 Å². The summed E-state index contributed by atoms with van der Waals surface area (Å²) in [5, 5.41) is 4.74. The van der Waals surface area contributed by atoms with Crippen molar-refractivity contribution in [1.82, 2.24) is 9.97 Å². The minimum absolute atomic E-state index is 0.502. The highest BCUT2D eigenvalue weighted by molar-refractivity contribution is 6.43. The number of anilines is 1. The Hall–Kier alpha value is -0.900. The molecule has 0 fully saturated rings. The highest BCUT2D eigenvalue weighted by Crippen LogP contribution is 2.30. The van der Waals surface area contributed by atoms with Gasteiger partial charge in [0.15, 0.2) is 5.15 Å². The van der Waals surface area contributed by atoms with Crippen molar-refractivity contribution in [3.05, 3.63) is 44.9 Å². The second-order valence-electron chi connectivity index (χ2n) is 4.51. The standard InChI is InChI=1S/C14H16Cl3N3/c1-2-3-7-12-19-11(14(17)20-12)8-18-10-6-4-5-9(15)13(10)16/h4-6,18H,2-3,7-8H2,1H3,(H,19,20). The normalized spacial score (nSPS) is 10.8. The largest absolute Gasteiger partial charge is 0.378 e. The molecule has 0 spiro atoms. The zero-order valence-corrected chi connectivity index (χ0v) is 13.4. The van der Waals surface area contributed by atoms with E-state index in [1.165, 1.54) is 0 Å². The van der Waals surface area contributed by atoms with Crippen molar-refractivity contribution < 1.29 is 0 Å². The Bertz CT molecular complexity index is 581. The summed E-state index contributed by atoms with van der Waals surface area (Å²) in [4.78, 5) is 7.55. The van der Waals surface area contributed by atoms with Gasteiger partial charge in [-0.15, -0.1) is 0 Å². The van der Waals surface area contributed by atoms with Crippen LogP contribution in [0.3, 0.4) is 0 Å². The summed E-state index contributed by atoms with van der Waals surface area (Å²) in [6.45, 7) is 2.67. The van der Waals surface area contributed by atoms with Crippen LogP contribution in [0.2, 0.25) is 15.2 Å². The molecule has 1 aromatic carbocycles. The van der Waals surface area contributed by atoms with Gasteiger partial charge in [-0.3, -0.25) is 0 Å². The molecule has 20 heavy (non-hydrogen) atoms. The van der Waals surface area contributed by atoms with E-state index in [9.17, 15) is 0 Å². The van der Waals surface area contributed by atoms with Crippen LogP contribution in [0, 0.1) is 0 Å². The number of benzene rings is 1. The smallest absolute Gasteiger partial charge is 0.152 e. The molecule has 2 rings (SSSR count). The minimum Gasteiger partial charge on any atom is -0.378 e. The number of imidazole rings is 1. The van der Waals surface area contributed by atoms with E-state index in [1.54, 1.807) is 6.07 Å². The van der Waals surface area contributed by atoms with Crippen LogP contribution in [0.4, 0.5) is 5.69 Å². The van der Waals surface area contributed by atoms with Crippen LogP contribution in [0.1, 0.15) is 31.3 Å². The fourth-order valence-electron chi connectivity index (χ4n) is 1.84. The molecule has 2 N–H and O–H groups in total. The summed E-state index contributed by atoms with van der Waals surface area (Å²) < 4.78 is 0. The molecule has 0 aliphatic heterocycles. The lowest BCUT2D eigenvalue weighted by atomic mass is 10.2. The number of hydrogen-bond acceptors (Lipinski definition) is 2. The maximum absolute atomic E-state index is 6.12. The zero-order valence-electron chi connectivity index (χ0n) is 11.1. The van der Waals surface area contributed by atoms with E-state index in [2.05, 4.69) is 22.2 Å². The van der Waals surface area contributed by atoms with E-state index >= 15 is 0 Å². The van der Waals surface area contributed by atoms with Crippen LogP contribution in [0.5, 0.6) is 0 Å². The molecule has 0 saturated heterocycles. The number of aryl methyl sites for hydroxylation is 1. The lowest BCUT2D eigenvalue weighted by Gasteiger charge is -2.08. The van der Waals surface area contributed by atoms with E-state index < -0.39 is 0 Å². The van der Waals surface area contributed by atoms with Crippen molar-refractivity contribution in [3.8, 4) is 0 Å². The Labute approximate surface area is 133 Å². The van der Waals surface area contributed by atoms with Crippen LogP contribution in [-0.2, 0) is 13.0 Å². The number of nitrogens with zero attached hydrogens (tertiary/aromatic N) is 1. The van der Waals surface area contributed by atoms with Crippen molar-refractivity contribution in [3.63, 3.8) is 0 Å². The third-order valence-corrected chi connectivity index (χ3v) is 4.08. The predicted molar refractivity (Wildman–Crippen MR) is 86.0 cm³/mol. The maximum Gasteiger partial charge on any atom is 0.152 e. The first kappa shape index (κ1) is 15.5. The van der Waals surface area contributed by atoms with Gasteiger partial charge >= 0.3 is 0 Å². The summed E-state index contributed by atoms with van der Waals surface area (Å²) in [5.41, 5.74) is 1.63. The second kappa shape index (κ2) is 7.21. The molecular formula is C14H16Cl3N3. The number of aromatic amines is 1. The van der Waals surface area contributed by atoms with Gasteiger partial charge in [-0.2, -0.15) is 0 Å². The Kier molecular flexibility index (Phi) is 5.58. The van der Waals surface area contributed by atoms with Gasteiger partial charge < -0.3 is 10.3 Å². The number of rotatable bonds is 6. The summed E-state index contributed by atoms with van der Waals surface area (Å²) in [6, 6.07) is 5.47. The molecule has 2 aromatic rings. The van der Waals surface area contributed by atoms with Crippen LogP contribution < -0.4 is 5.32 Å². The molecule has 0 amide bonds. The van der Waals surface area contributed by atoms with Crippen molar-refractivity contribution in [2.75, 3.05) is 5.32 Å². The van der Waals surface area contributed by atoms with Crippen molar-refractivity contribution >= 4 is 40.5 Å². The molecule has 6 heteroatoms. The van der Waals surface area contributed by atoms with Crippen LogP contribution >= 0.6 is 34.8 Å². The van der Waals surface area contributed by atoms with Gasteiger partial charge in [0.2, 0.25) is 0 Å². The van der Waals surface area contributed by atoms with Gasteiger partial charge in [0, 0.05) is 6.42 Å². The molecule has 0 saturated carbocycles. The summed E-state index contributed by atoms with van der Waals surface area (Å²) >= 11 is 18.2. The molecule has 0 aliphatic rings. The summed E-state index contributed by atoms with van der Waals surface area (Å²) in [6.07, 6.45) is 3.13. The first-order chi connectivity index (χ1) is 9.61. The van der Waals surface area contributed by atoms with E-state index in [4.69, 9.17) is 34.8 Å². The molecule has 3 nitrogen and oxygen atoms in total. The molecule has 0 radical (unpaired) electrons. The quantitative estimate of drug-likeness (QED) is 0.751. The number of unbranched alkanes of at least 4 members (excludes halogenated alkanes) is 1. The van der Waals surface area contributed by atoms with Gasteiger partial charge in [0.1, 0.15) is 5.82 Å². The molecule has 1 aromatic heterocycles. The first-order valence-corrected chi connectivity index (χ1v) is 7.66. The van der Waals surface area contributed by atoms with E-state index in [0.717, 1.165) is 36.5 Å². The van der Waals surface area contributed by atoms with E-state index in [1.807, 2.05) is 12.1 Å². The maximum atomic E-state index is 6.12. The summed E-state index contributed by atoms with van der Waals surface area (Å²) in [7, 11) is 0. The monoisotopic (exact) mass is 331 g/mol. The third-order valence-electron chi connectivity index (χ3n) is 2.95. The SMILES string of the molecule is CCCCc1nc(Cl)c(CNc2cccc(Cl)c2Cl)[nH]1. The molecular weight excluding hydrogens is 317 g/mol. The molecule has 1 heterocycles. The Morgan fingerprint density at radius 1 is 1.25 bits per heavy atom. The first-order valence-electron chi connectivity index (χ1n) is 6.53. The highest BCUT2D eigenvalue weighted by Gasteiger charge is 2.09. The minimum atomic E-state index is 0.502. The fraction of sp³-hybridized carbons (Fsp3) is 0.357. The molecule has 108 valence electrons. The Morgan fingerprint density at radius 3 is 2.80 bits per heavy atom. The van der Waals surface area contributed by atoms with Gasteiger partial charge in [-0.1, -0.05) is 54.2 Å². The molecule has 0 unspecified atom stereocenters. The number of hydrogen-bond donors (Lipinski definition) is 2. The van der Waals surface area contributed by atoms with E-state index in [0.29, 0.717) is 21.7 Å². The lowest BCUT2D eigenvalue weighted by Crippen LogP contribution is -2.01. The van der Waals surface area contributed by atoms with Crippen molar-refractivity contribution in [2.24, 2.45) is 0 Å². The predicted octanol–water partition coefficient (Wildman–Crippen LogP) is 5.32. The van der Waals surface area contributed by atoms with Crippen molar-refractivity contribution in [2.45, 2.75) is 32.7 Å². The van der Waals surface area contributed by atoms with Crippen LogP contribution in [0.25, 0.3) is 0 Å². The fourth-order valence-corrected chi connectivity index (χ4v) is 2.43. The summed E-state index contributed by atoms with van der Waals surface area (Å²) in [5.74, 6) is 0.922. The topological polar surface area (TPSA) is 40.7 Å². The van der Waals surface area contributed by atoms with Gasteiger partial charge in [0.05, 0.1) is 28.0 Å². The number of nitrogens with one attached hydrogen (secondary N) is 2. The van der Waals surface area contributed by atoms with Gasteiger partial charge in [0.25, 0.3) is 0 Å². The van der Waals surface area contributed by atoms with Crippen LogP contribution in [0.15, 0.2) is 18.2 Å². The molecule has 0 aliphatic carbocycles. The number of H-pyrrole nitrogens is 1. The third kappa shape index (κ3) is 3.81. The van der Waals surface area contributed by atoms with Gasteiger partial charge in [-0.25, -0.2) is 4.98 Å². The zero-order chi connectivity index (χ0) is 14.5. The average molecular weight is 333 g/mol.